The Kier molecular flexibility index (Phi) is 5.14. The first-order valence-corrected chi connectivity index (χ1v) is 7.45. The Bertz CT molecular complexity index is 579. The molecule has 21 heavy (non-hydrogen) atoms. The van der Waals surface area contributed by atoms with Crippen molar-refractivity contribution in [3.8, 4) is 11.6 Å². The Hall–Kier alpha value is -2.10. The van der Waals surface area contributed by atoms with Crippen molar-refractivity contribution in [2.75, 3.05) is 11.9 Å². The quantitative estimate of drug-likeness (QED) is 0.847. The lowest BCUT2D eigenvalue weighted by atomic mass is 10.1. The van der Waals surface area contributed by atoms with Gasteiger partial charge in [-0.25, -0.2) is 9.97 Å². The van der Waals surface area contributed by atoms with E-state index in [4.69, 9.17) is 4.74 Å². The number of aryl methyl sites for hydroxylation is 1. The van der Waals surface area contributed by atoms with Gasteiger partial charge in [-0.05, 0) is 31.4 Å². The van der Waals surface area contributed by atoms with Crippen molar-refractivity contribution in [3.05, 3.63) is 41.7 Å². The highest BCUT2D eigenvalue weighted by Gasteiger charge is 2.16. The molecule has 2 rings (SSSR count). The summed E-state index contributed by atoms with van der Waals surface area (Å²) in [6, 6.07) is 7.98. The van der Waals surface area contributed by atoms with E-state index in [9.17, 15) is 0 Å². The zero-order valence-corrected chi connectivity index (χ0v) is 13.2. The Morgan fingerprint density at radius 3 is 2.48 bits per heavy atom. The van der Waals surface area contributed by atoms with E-state index in [0.29, 0.717) is 5.88 Å². The van der Waals surface area contributed by atoms with Crippen LogP contribution in [0.2, 0.25) is 0 Å². The molecule has 1 aromatic heterocycles. The average molecular weight is 285 g/mol. The van der Waals surface area contributed by atoms with E-state index < -0.39 is 0 Å². The van der Waals surface area contributed by atoms with Crippen molar-refractivity contribution in [1.82, 2.24) is 9.97 Å². The monoisotopic (exact) mass is 285 g/mol. The highest BCUT2D eigenvalue weighted by atomic mass is 16.5. The summed E-state index contributed by atoms with van der Waals surface area (Å²) in [5.41, 5.74) is 2.23. The fraction of sp³-hybridized carbons (Fsp3) is 0.412. The minimum atomic E-state index is 0.283. The Balaban J connectivity index is 2.31. The molecule has 0 aliphatic heterocycles. The number of rotatable bonds is 6. The lowest BCUT2D eigenvalue weighted by molar-refractivity contribution is 0.451. The van der Waals surface area contributed by atoms with E-state index in [1.165, 1.54) is 5.56 Å². The minimum absolute atomic E-state index is 0.283. The van der Waals surface area contributed by atoms with Gasteiger partial charge in [0.1, 0.15) is 17.9 Å². The van der Waals surface area contributed by atoms with Crippen LogP contribution in [0.1, 0.15) is 44.2 Å². The van der Waals surface area contributed by atoms with Gasteiger partial charge in [0.05, 0.1) is 5.56 Å². The van der Waals surface area contributed by atoms with Crippen molar-refractivity contribution >= 4 is 5.82 Å². The maximum absolute atomic E-state index is 5.96. The molecule has 2 aromatic rings. The van der Waals surface area contributed by atoms with Crippen LogP contribution < -0.4 is 10.1 Å². The number of nitrogens with zero attached hydrogens (tertiary/aromatic N) is 2. The predicted octanol–water partition coefficient (Wildman–Crippen LogP) is 4.52. The minimum Gasteiger partial charge on any atom is -0.439 e. The SMILES string of the molecule is CCCNc1ncnc(Oc2ccc(C)cc2)c1C(C)C. The summed E-state index contributed by atoms with van der Waals surface area (Å²) < 4.78 is 5.96. The molecule has 0 unspecified atom stereocenters. The van der Waals surface area contributed by atoms with Gasteiger partial charge in [-0.1, -0.05) is 38.5 Å². The molecule has 0 spiro atoms. The number of nitrogens with one attached hydrogen (secondary N) is 1. The third-order valence-electron chi connectivity index (χ3n) is 3.20. The van der Waals surface area contributed by atoms with E-state index in [0.717, 1.165) is 30.1 Å². The molecule has 0 aliphatic rings. The molecule has 112 valence electrons. The molecule has 0 saturated heterocycles. The average Bonchev–Trinajstić information content (AvgIpc) is 2.47. The molecule has 0 fully saturated rings. The molecule has 4 nitrogen and oxygen atoms in total. The molecule has 1 aromatic carbocycles. The smallest absolute Gasteiger partial charge is 0.227 e. The predicted molar refractivity (Wildman–Crippen MR) is 86.2 cm³/mol. The summed E-state index contributed by atoms with van der Waals surface area (Å²) in [4.78, 5) is 8.66. The van der Waals surface area contributed by atoms with Gasteiger partial charge in [-0.3, -0.25) is 0 Å². The largest absolute Gasteiger partial charge is 0.439 e. The fourth-order valence-corrected chi connectivity index (χ4v) is 2.08. The lowest BCUT2D eigenvalue weighted by Gasteiger charge is -2.16. The summed E-state index contributed by atoms with van der Waals surface area (Å²) in [5.74, 6) is 2.57. The standard InChI is InChI=1S/C17H23N3O/c1-5-10-18-16-15(12(2)3)17(20-11-19-16)21-14-8-6-13(4)7-9-14/h6-9,11-12H,5,10H2,1-4H3,(H,18,19,20). The summed E-state index contributed by atoms with van der Waals surface area (Å²) in [7, 11) is 0. The maximum atomic E-state index is 5.96. The third-order valence-corrected chi connectivity index (χ3v) is 3.20. The van der Waals surface area contributed by atoms with Crippen LogP contribution in [0.4, 0.5) is 5.82 Å². The van der Waals surface area contributed by atoms with Crippen LogP contribution in [-0.2, 0) is 0 Å². The molecule has 1 heterocycles. The normalized spacial score (nSPS) is 10.7. The Morgan fingerprint density at radius 1 is 1.14 bits per heavy atom. The summed E-state index contributed by atoms with van der Waals surface area (Å²) in [5, 5.41) is 3.35. The number of ether oxygens (including phenoxy) is 1. The van der Waals surface area contributed by atoms with Gasteiger partial charge in [-0.2, -0.15) is 0 Å². The second-order valence-electron chi connectivity index (χ2n) is 5.44. The van der Waals surface area contributed by atoms with Crippen LogP contribution in [0.3, 0.4) is 0 Å². The number of hydrogen-bond donors (Lipinski definition) is 1. The van der Waals surface area contributed by atoms with Crippen LogP contribution in [0, 0.1) is 6.92 Å². The second-order valence-corrected chi connectivity index (χ2v) is 5.44. The Morgan fingerprint density at radius 2 is 1.86 bits per heavy atom. The van der Waals surface area contributed by atoms with Gasteiger partial charge in [0.25, 0.3) is 0 Å². The maximum Gasteiger partial charge on any atom is 0.227 e. The van der Waals surface area contributed by atoms with Crippen molar-refractivity contribution < 1.29 is 4.74 Å². The fourth-order valence-electron chi connectivity index (χ4n) is 2.08. The van der Waals surface area contributed by atoms with E-state index in [1.807, 2.05) is 24.3 Å². The number of aromatic nitrogens is 2. The molecular weight excluding hydrogens is 262 g/mol. The van der Waals surface area contributed by atoms with Gasteiger partial charge in [0.2, 0.25) is 5.88 Å². The van der Waals surface area contributed by atoms with Crippen LogP contribution in [0.15, 0.2) is 30.6 Å². The van der Waals surface area contributed by atoms with Crippen molar-refractivity contribution in [3.63, 3.8) is 0 Å². The molecular formula is C17H23N3O. The zero-order valence-electron chi connectivity index (χ0n) is 13.2. The first-order chi connectivity index (χ1) is 10.1. The zero-order chi connectivity index (χ0) is 15.2. The van der Waals surface area contributed by atoms with Crippen LogP contribution in [-0.4, -0.2) is 16.5 Å². The van der Waals surface area contributed by atoms with E-state index in [2.05, 4.69) is 43.0 Å². The molecule has 0 atom stereocenters. The van der Waals surface area contributed by atoms with Crippen molar-refractivity contribution in [2.45, 2.75) is 40.0 Å². The van der Waals surface area contributed by atoms with Gasteiger partial charge in [-0.15, -0.1) is 0 Å². The first kappa shape index (κ1) is 15.3. The van der Waals surface area contributed by atoms with Gasteiger partial charge >= 0.3 is 0 Å². The topological polar surface area (TPSA) is 47.0 Å². The molecule has 0 radical (unpaired) electrons. The second kappa shape index (κ2) is 7.07. The molecule has 0 saturated carbocycles. The van der Waals surface area contributed by atoms with Crippen molar-refractivity contribution in [2.24, 2.45) is 0 Å². The van der Waals surface area contributed by atoms with Crippen LogP contribution >= 0.6 is 0 Å². The summed E-state index contributed by atoms with van der Waals surface area (Å²) in [6.07, 6.45) is 2.60. The van der Waals surface area contributed by atoms with E-state index >= 15 is 0 Å². The number of anilines is 1. The first-order valence-electron chi connectivity index (χ1n) is 7.45. The molecule has 1 N–H and O–H groups in total. The van der Waals surface area contributed by atoms with Crippen LogP contribution in [0.5, 0.6) is 11.6 Å². The number of hydrogen-bond acceptors (Lipinski definition) is 4. The number of benzene rings is 1. The van der Waals surface area contributed by atoms with E-state index in [-0.39, 0.29) is 5.92 Å². The van der Waals surface area contributed by atoms with Gasteiger partial charge in [0, 0.05) is 6.54 Å². The molecule has 4 heteroatoms. The van der Waals surface area contributed by atoms with Crippen molar-refractivity contribution in [1.29, 1.82) is 0 Å². The van der Waals surface area contributed by atoms with E-state index in [1.54, 1.807) is 6.33 Å². The van der Waals surface area contributed by atoms with Gasteiger partial charge < -0.3 is 10.1 Å². The lowest BCUT2D eigenvalue weighted by Crippen LogP contribution is -2.08. The highest BCUT2D eigenvalue weighted by Crippen LogP contribution is 2.32. The van der Waals surface area contributed by atoms with Gasteiger partial charge in [0.15, 0.2) is 0 Å². The molecule has 0 amide bonds. The molecule has 0 aliphatic carbocycles. The highest BCUT2D eigenvalue weighted by molar-refractivity contribution is 5.51. The summed E-state index contributed by atoms with van der Waals surface area (Å²) in [6.45, 7) is 9.32. The summed E-state index contributed by atoms with van der Waals surface area (Å²) >= 11 is 0. The molecule has 0 bridgehead atoms. The van der Waals surface area contributed by atoms with Crippen LogP contribution in [0.25, 0.3) is 0 Å². The Labute approximate surface area is 126 Å². The third kappa shape index (κ3) is 3.94.